The van der Waals surface area contributed by atoms with Crippen LogP contribution in [0.4, 0.5) is 0 Å². The van der Waals surface area contributed by atoms with Crippen LogP contribution in [0.5, 0.6) is 0 Å². The Balaban J connectivity index is 2.19. The second kappa shape index (κ2) is 18.0. The number of nitrogens with zero attached hydrogens (tertiary/aromatic N) is 4. The summed E-state index contributed by atoms with van der Waals surface area (Å²) in [5.74, 6) is 1.78. The molecule has 7 heteroatoms. The number of hydrogen-bond donors (Lipinski definition) is 0. The molecule has 0 bridgehead atoms. The minimum Gasteiger partial charge on any atom is -0.369 e. The molecule has 1 aromatic heterocycles. The molecule has 0 aliphatic rings. The molecule has 0 spiro atoms. The van der Waals surface area contributed by atoms with Gasteiger partial charge in [0.05, 0.1) is 24.5 Å². The number of hydrogen-bond acceptors (Lipinski definition) is 6. The van der Waals surface area contributed by atoms with Crippen LogP contribution in [0, 0.1) is 4.91 Å². The van der Waals surface area contributed by atoms with Crippen LogP contribution in [0.15, 0.2) is 86.7 Å². The van der Waals surface area contributed by atoms with E-state index in [-0.39, 0.29) is 5.92 Å². The van der Waals surface area contributed by atoms with E-state index in [2.05, 4.69) is 60.3 Å². The Hall–Kier alpha value is -3.32. The molecule has 1 aromatic carbocycles. The monoisotopic (exact) mass is 520 g/mol. The zero-order valence-electron chi connectivity index (χ0n) is 23.7. The number of amidine groups is 1. The van der Waals surface area contributed by atoms with Crippen LogP contribution in [0.3, 0.4) is 0 Å². The van der Waals surface area contributed by atoms with Crippen molar-refractivity contribution in [2.75, 3.05) is 19.6 Å². The molecule has 1 atom stereocenters. The van der Waals surface area contributed by atoms with Crippen molar-refractivity contribution in [3.63, 3.8) is 0 Å². The molecule has 1 heterocycles. The third-order valence-corrected chi connectivity index (χ3v) is 6.35. The molecule has 1 unspecified atom stereocenters. The van der Waals surface area contributed by atoms with Gasteiger partial charge in [-0.2, -0.15) is 4.91 Å². The van der Waals surface area contributed by atoms with E-state index < -0.39 is 0 Å². The van der Waals surface area contributed by atoms with Crippen LogP contribution < -0.4 is 0 Å². The molecule has 38 heavy (non-hydrogen) atoms. The minimum absolute atomic E-state index is 0.0146. The SMILES string of the molecule is C/C=C\CN(CC)C(CCCCCN=O)=NC(=C/C(C)c1cc(COCc2ccccc2)on1)/C(C)=C\C. The molecular formula is C31H44N4O3. The zero-order chi connectivity index (χ0) is 27.6. The first-order chi connectivity index (χ1) is 18.5. The van der Waals surface area contributed by atoms with E-state index >= 15 is 0 Å². The van der Waals surface area contributed by atoms with Crippen molar-refractivity contribution in [3.8, 4) is 0 Å². The maximum Gasteiger partial charge on any atom is 0.162 e. The fourth-order valence-electron chi connectivity index (χ4n) is 3.89. The van der Waals surface area contributed by atoms with Gasteiger partial charge in [0, 0.05) is 31.5 Å². The van der Waals surface area contributed by atoms with Crippen LogP contribution in [-0.4, -0.2) is 35.5 Å². The van der Waals surface area contributed by atoms with Gasteiger partial charge in [-0.25, -0.2) is 4.99 Å². The Morgan fingerprint density at radius 1 is 1.16 bits per heavy atom. The second-order valence-corrected chi connectivity index (χ2v) is 9.31. The van der Waals surface area contributed by atoms with E-state index in [1.165, 1.54) is 0 Å². The van der Waals surface area contributed by atoms with Crippen molar-refractivity contribution in [1.82, 2.24) is 10.1 Å². The number of likely N-dealkylation sites (N-methyl/N-ethyl adjacent to an activating group) is 1. The van der Waals surface area contributed by atoms with E-state index in [1.807, 2.05) is 50.2 Å². The number of allylic oxidation sites excluding steroid dienone is 4. The molecule has 0 radical (unpaired) electrons. The lowest BCUT2D eigenvalue weighted by Crippen LogP contribution is -2.31. The molecule has 0 aliphatic heterocycles. The number of benzene rings is 1. The maximum absolute atomic E-state index is 10.4. The molecule has 0 N–H and O–H groups in total. The van der Waals surface area contributed by atoms with Gasteiger partial charge in [-0.3, -0.25) is 0 Å². The highest BCUT2D eigenvalue weighted by Gasteiger charge is 2.14. The molecule has 7 nitrogen and oxygen atoms in total. The fraction of sp³-hybridized carbons (Fsp3) is 0.484. The summed E-state index contributed by atoms with van der Waals surface area (Å²) in [4.78, 5) is 17.9. The molecule has 0 saturated carbocycles. The van der Waals surface area contributed by atoms with Gasteiger partial charge in [-0.05, 0) is 57.7 Å². The van der Waals surface area contributed by atoms with Crippen molar-refractivity contribution in [3.05, 3.63) is 93.9 Å². The quantitative estimate of drug-likeness (QED) is 0.0528. The molecule has 0 fully saturated rings. The van der Waals surface area contributed by atoms with Gasteiger partial charge in [-0.1, -0.05) is 72.2 Å². The number of aromatic nitrogens is 1. The molecule has 206 valence electrons. The Morgan fingerprint density at radius 2 is 1.95 bits per heavy atom. The standard InChI is InChI=1S/C31H44N4O3/c1-6-9-20-35(8-3)31(18-14-11-15-19-32-36)33-29(25(4)7-2)21-26(5)30-22-28(38-34-30)24-37-23-27-16-12-10-13-17-27/h6-7,9-10,12-13,16-17,21-22,26H,8,11,14-15,18-20,23-24H2,1-5H3/b9-6-,25-7-,29-21+,33-31?. The zero-order valence-corrected chi connectivity index (χ0v) is 23.7. The lowest BCUT2D eigenvalue weighted by atomic mass is 10.0. The normalized spacial score (nSPS) is 13.8. The smallest absolute Gasteiger partial charge is 0.162 e. The number of aliphatic imine (C=N–C) groups is 1. The Kier molecular flexibility index (Phi) is 14.7. The molecule has 0 aliphatic carbocycles. The van der Waals surface area contributed by atoms with Crippen LogP contribution in [0.2, 0.25) is 0 Å². The number of unbranched alkanes of at least 4 members (excludes halogenated alkanes) is 2. The van der Waals surface area contributed by atoms with Crippen molar-refractivity contribution in [1.29, 1.82) is 0 Å². The maximum atomic E-state index is 10.4. The fourth-order valence-corrected chi connectivity index (χ4v) is 3.89. The predicted molar refractivity (Wildman–Crippen MR) is 156 cm³/mol. The summed E-state index contributed by atoms with van der Waals surface area (Å²) in [5.41, 5.74) is 4.02. The van der Waals surface area contributed by atoms with E-state index in [1.54, 1.807) is 0 Å². The van der Waals surface area contributed by atoms with E-state index in [0.717, 1.165) is 67.1 Å². The first kappa shape index (κ1) is 30.9. The number of ether oxygens (including phenoxy) is 1. The summed E-state index contributed by atoms with van der Waals surface area (Å²) in [6, 6.07) is 12.0. The Bertz CT molecular complexity index is 1070. The van der Waals surface area contributed by atoms with Crippen LogP contribution >= 0.6 is 0 Å². The Labute approximate surface area is 228 Å². The summed E-state index contributed by atoms with van der Waals surface area (Å²) in [6.45, 7) is 13.4. The summed E-state index contributed by atoms with van der Waals surface area (Å²) in [5, 5.41) is 7.29. The van der Waals surface area contributed by atoms with Gasteiger partial charge in [0.2, 0.25) is 0 Å². The number of rotatable bonds is 17. The van der Waals surface area contributed by atoms with Gasteiger partial charge in [0.1, 0.15) is 12.4 Å². The van der Waals surface area contributed by atoms with Crippen molar-refractivity contribution >= 4 is 5.84 Å². The van der Waals surface area contributed by atoms with Crippen molar-refractivity contribution in [2.45, 2.75) is 79.4 Å². The molecular weight excluding hydrogens is 476 g/mol. The lowest BCUT2D eigenvalue weighted by molar-refractivity contribution is 0.0883. The molecule has 2 rings (SSSR count). The topological polar surface area (TPSA) is 80.3 Å². The number of nitroso groups, excluding NO2 is 1. The third kappa shape index (κ3) is 11.0. The van der Waals surface area contributed by atoms with Gasteiger partial charge in [0.25, 0.3) is 0 Å². The van der Waals surface area contributed by atoms with E-state index in [0.29, 0.717) is 25.5 Å². The summed E-state index contributed by atoms with van der Waals surface area (Å²) in [6.07, 6.45) is 12.0. The average molecular weight is 521 g/mol. The molecule has 2 aromatic rings. The highest BCUT2D eigenvalue weighted by molar-refractivity contribution is 5.84. The first-order valence-corrected chi connectivity index (χ1v) is 13.7. The van der Waals surface area contributed by atoms with Gasteiger partial charge < -0.3 is 14.2 Å². The second-order valence-electron chi connectivity index (χ2n) is 9.31. The molecule has 0 saturated heterocycles. The highest BCUT2D eigenvalue weighted by Crippen LogP contribution is 2.23. The van der Waals surface area contributed by atoms with Crippen molar-refractivity contribution in [2.24, 2.45) is 10.2 Å². The van der Waals surface area contributed by atoms with E-state index in [4.69, 9.17) is 14.3 Å². The molecule has 0 amide bonds. The van der Waals surface area contributed by atoms with Crippen molar-refractivity contribution < 1.29 is 9.26 Å². The lowest BCUT2D eigenvalue weighted by Gasteiger charge is -2.24. The van der Waals surface area contributed by atoms with E-state index in [9.17, 15) is 4.91 Å². The summed E-state index contributed by atoms with van der Waals surface area (Å²) in [7, 11) is 0. The predicted octanol–water partition coefficient (Wildman–Crippen LogP) is 7.97. The van der Waals surface area contributed by atoms with Gasteiger partial charge in [-0.15, -0.1) is 0 Å². The summed E-state index contributed by atoms with van der Waals surface area (Å²) < 4.78 is 11.4. The minimum atomic E-state index is 0.0146. The third-order valence-electron chi connectivity index (χ3n) is 6.35. The van der Waals surface area contributed by atoms with Gasteiger partial charge >= 0.3 is 0 Å². The first-order valence-electron chi connectivity index (χ1n) is 13.7. The largest absolute Gasteiger partial charge is 0.369 e. The van der Waals surface area contributed by atoms with Crippen LogP contribution in [0.25, 0.3) is 0 Å². The van der Waals surface area contributed by atoms with Crippen LogP contribution in [-0.2, 0) is 18.0 Å². The highest BCUT2D eigenvalue weighted by atomic mass is 16.5. The Morgan fingerprint density at radius 3 is 2.63 bits per heavy atom. The summed E-state index contributed by atoms with van der Waals surface area (Å²) >= 11 is 0. The van der Waals surface area contributed by atoms with Crippen LogP contribution in [0.1, 0.15) is 83.2 Å². The average Bonchev–Trinajstić information content (AvgIpc) is 3.41. The van der Waals surface area contributed by atoms with Gasteiger partial charge in [0.15, 0.2) is 5.76 Å².